The van der Waals surface area contributed by atoms with Crippen molar-refractivity contribution in [3.05, 3.63) is 39.5 Å². The minimum Gasteiger partial charge on any atom is -0.490 e. The molecule has 0 spiro atoms. The van der Waals surface area contributed by atoms with Crippen LogP contribution in [0.5, 0.6) is 5.75 Å². The Morgan fingerprint density at radius 2 is 2.00 bits per heavy atom. The van der Waals surface area contributed by atoms with E-state index in [-0.39, 0.29) is 5.97 Å². The zero-order valence-electron chi connectivity index (χ0n) is 9.90. The molecule has 0 heterocycles. The average molecular weight is 346 g/mol. The van der Waals surface area contributed by atoms with Crippen molar-refractivity contribution in [2.24, 2.45) is 0 Å². The largest absolute Gasteiger partial charge is 0.490 e. The summed E-state index contributed by atoms with van der Waals surface area (Å²) < 4.78 is 11.3. The van der Waals surface area contributed by atoms with Gasteiger partial charge in [-0.25, -0.2) is 4.79 Å². The first-order valence-corrected chi connectivity index (χ1v) is 6.41. The van der Waals surface area contributed by atoms with E-state index >= 15 is 0 Å². The lowest BCUT2D eigenvalue weighted by atomic mass is 10.2. The predicted molar refractivity (Wildman–Crippen MR) is 75.0 cm³/mol. The first kappa shape index (κ1) is 14.0. The summed E-state index contributed by atoms with van der Waals surface area (Å²) in [5, 5.41) is 0. The van der Waals surface area contributed by atoms with Crippen LogP contribution >= 0.6 is 22.6 Å². The zero-order valence-corrected chi connectivity index (χ0v) is 12.1. The van der Waals surface area contributed by atoms with Crippen LogP contribution < -0.4 is 4.74 Å². The van der Waals surface area contributed by atoms with Crippen LogP contribution in [0.15, 0.2) is 35.9 Å². The minimum absolute atomic E-state index is 0.293. The van der Waals surface area contributed by atoms with Gasteiger partial charge in [0, 0.05) is 9.14 Å². The second-order valence-electron chi connectivity index (χ2n) is 3.34. The Labute approximate surface area is 115 Å². The Kier molecular flexibility index (Phi) is 6.04. The summed E-state index contributed by atoms with van der Waals surface area (Å²) in [6.45, 7) is 2.28. The highest BCUT2D eigenvalue weighted by molar-refractivity contribution is 14.1. The van der Waals surface area contributed by atoms with E-state index in [0.29, 0.717) is 18.6 Å². The topological polar surface area (TPSA) is 35.5 Å². The number of carbonyl (C=O) groups is 1. The van der Waals surface area contributed by atoms with Gasteiger partial charge in [0.1, 0.15) is 12.4 Å². The lowest BCUT2D eigenvalue weighted by Crippen LogP contribution is -2.06. The molecular formula is C13H15IO3. The maximum Gasteiger partial charge on any atom is 0.333 e. The standard InChI is InChI=1S/C13H15IO3/c1-3-10(13(15)16-2)8-9-17-12-6-4-11(14)5-7-12/h4-8H,3,9H2,1-2H3. The molecule has 0 aliphatic heterocycles. The van der Waals surface area contributed by atoms with E-state index in [0.717, 1.165) is 9.32 Å². The van der Waals surface area contributed by atoms with Gasteiger partial charge in [0.25, 0.3) is 0 Å². The van der Waals surface area contributed by atoms with E-state index < -0.39 is 0 Å². The molecule has 0 radical (unpaired) electrons. The molecule has 4 heteroatoms. The van der Waals surface area contributed by atoms with E-state index in [1.807, 2.05) is 31.2 Å². The van der Waals surface area contributed by atoms with Crippen LogP contribution in [0.1, 0.15) is 13.3 Å². The minimum atomic E-state index is -0.293. The van der Waals surface area contributed by atoms with Gasteiger partial charge in [-0.05, 0) is 59.4 Å². The SMILES string of the molecule is CCC(=CCOc1ccc(I)cc1)C(=O)OC. The lowest BCUT2D eigenvalue weighted by Gasteiger charge is -2.05. The molecule has 0 saturated carbocycles. The summed E-state index contributed by atoms with van der Waals surface area (Å²) in [4.78, 5) is 11.3. The number of benzene rings is 1. The van der Waals surface area contributed by atoms with Crippen molar-refractivity contribution in [3.63, 3.8) is 0 Å². The van der Waals surface area contributed by atoms with Gasteiger partial charge in [0.2, 0.25) is 0 Å². The molecule has 0 fully saturated rings. The molecular weight excluding hydrogens is 331 g/mol. The first-order chi connectivity index (χ1) is 8.17. The predicted octanol–water partition coefficient (Wildman–Crippen LogP) is 3.18. The highest BCUT2D eigenvalue weighted by Crippen LogP contribution is 2.13. The molecule has 0 saturated heterocycles. The molecule has 0 bridgehead atoms. The van der Waals surface area contributed by atoms with Gasteiger partial charge in [0.05, 0.1) is 7.11 Å². The van der Waals surface area contributed by atoms with Gasteiger partial charge in [-0.15, -0.1) is 0 Å². The first-order valence-electron chi connectivity index (χ1n) is 5.33. The Hall–Kier alpha value is -1.04. The molecule has 17 heavy (non-hydrogen) atoms. The molecule has 0 aliphatic carbocycles. The fourth-order valence-electron chi connectivity index (χ4n) is 1.27. The molecule has 0 unspecified atom stereocenters. The van der Waals surface area contributed by atoms with Crippen molar-refractivity contribution in [2.45, 2.75) is 13.3 Å². The van der Waals surface area contributed by atoms with Crippen molar-refractivity contribution in [3.8, 4) is 5.75 Å². The summed E-state index contributed by atoms with van der Waals surface area (Å²) in [5.74, 6) is 0.501. The summed E-state index contributed by atoms with van der Waals surface area (Å²) in [6, 6.07) is 7.75. The molecule has 0 aromatic heterocycles. The van der Waals surface area contributed by atoms with Gasteiger partial charge in [-0.1, -0.05) is 6.92 Å². The van der Waals surface area contributed by atoms with Crippen LogP contribution in [0.25, 0.3) is 0 Å². The van der Waals surface area contributed by atoms with Crippen LogP contribution in [0.4, 0.5) is 0 Å². The normalized spacial score (nSPS) is 11.1. The highest BCUT2D eigenvalue weighted by Gasteiger charge is 2.05. The Balaban J connectivity index is 2.53. The lowest BCUT2D eigenvalue weighted by molar-refractivity contribution is -0.136. The maximum atomic E-state index is 11.3. The van der Waals surface area contributed by atoms with E-state index in [9.17, 15) is 4.79 Å². The van der Waals surface area contributed by atoms with E-state index in [2.05, 4.69) is 27.3 Å². The third-order valence-electron chi connectivity index (χ3n) is 2.22. The molecule has 3 nitrogen and oxygen atoms in total. The van der Waals surface area contributed by atoms with Gasteiger partial charge in [-0.3, -0.25) is 0 Å². The molecule has 0 N–H and O–H groups in total. The third-order valence-corrected chi connectivity index (χ3v) is 2.94. The Morgan fingerprint density at radius 3 is 2.53 bits per heavy atom. The van der Waals surface area contributed by atoms with Crippen molar-refractivity contribution >= 4 is 28.6 Å². The van der Waals surface area contributed by atoms with E-state index in [4.69, 9.17) is 4.74 Å². The fraction of sp³-hybridized carbons (Fsp3) is 0.308. The number of carbonyl (C=O) groups excluding carboxylic acids is 1. The number of rotatable bonds is 5. The number of hydrogen-bond donors (Lipinski definition) is 0. The van der Waals surface area contributed by atoms with Crippen LogP contribution in [-0.4, -0.2) is 19.7 Å². The Morgan fingerprint density at radius 1 is 1.35 bits per heavy atom. The quantitative estimate of drug-likeness (QED) is 0.467. The van der Waals surface area contributed by atoms with Gasteiger partial charge in [0.15, 0.2) is 0 Å². The molecule has 1 aromatic carbocycles. The van der Waals surface area contributed by atoms with Crippen LogP contribution in [-0.2, 0) is 9.53 Å². The molecule has 0 aliphatic rings. The zero-order chi connectivity index (χ0) is 12.7. The average Bonchev–Trinajstić information content (AvgIpc) is 2.36. The number of ether oxygens (including phenoxy) is 2. The maximum absolute atomic E-state index is 11.3. The van der Waals surface area contributed by atoms with Crippen LogP contribution in [0.2, 0.25) is 0 Å². The van der Waals surface area contributed by atoms with E-state index in [1.54, 1.807) is 6.08 Å². The smallest absolute Gasteiger partial charge is 0.333 e. The molecule has 1 aromatic rings. The summed E-state index contributed by atoms with van der Waals surface area (Å²) in [5.41, 5.74) is 0.637. The van der Waals surface area contributed by atoms with Crippen molar-refractivity contribution in [1.82, 2.24) is 0 Å². The molecule has 92 valence electrons. The van der Waals surface area contributed by atoms with Crippen molar-refractivity contribution in [2.75, 3.05) is 13.7 Å². The fourth-order valence-corrected chi connectivity index (χ4v) is 1.63. The molecule has 1 rings (SSSR count). The number of esters is 1. The number of methoxy groups -OCH3 is 1. The number of halogens is 1. The van der Waals surface area contributed by atoms with Gasteiger partial charge < -0.3 is 9.47 Å². The molecule has 0 amide bonds. The molecule has 0 atom stereocenters. The third kappa shape index (κ3) is 4.77. The van der Waals surface area contributed by atoms with E-state index in [1.165, 1.54) is 7.11 Å². The Bertz CT molecular complexity index is 396. The number of hydrogen-bond acceptors (Lipinski definition) is 3. The second kappa shape index (κ2) is 7.32. The summed E-state index contributed by atoms with van der Waals surface area (Å²) in [6.07, 6.45) is 2.40. The van der Waals surface area contributed by atoms with Crippen LogP contribution in [0, 0.1) is 3.57 Å². The second-order valence-corrected chi connectivity index (χ2v) is 4.59. The van der Waals surface area contributed by atoms with Gasteiger partial charge in [-0.2, -0.15) is 0 Å². The van der Waals surface area contributed by atoms with Crippen molar-refractivity contribution in [1.29, 1.82) is 0 Å². The van der Waals surface area contributed by atoms with Crippen LogP contribution in [0.3, 0.4) is 0 Å². The summed E-state index contributed by atoms with van der Waals surface area (Å²) >= 11 is 2.24. The monoisotopic (exact) mass is 346 g/mol. The van der Waals surface area contributed by atoms with Crippen molar-refractivity contribution < 1.29 is 14.3 Å². The van der Waals surface area contributed by atoms with Gasteiger partial charge >= 0.3 is 5.97 Å². The summed E-state index contributed by atoms with van der Waals surface area (Å²) in [7, 11) is 1.38. The highest BCUT2D eigenvalue weighted by atomic mass is 127.